The fourth-order valence-electron chi connectivity index (χ4n) is 3.16. The molecule has 2 rings (SSSR count). The van der Waals surface area contributed by atoms with Gasteiger partial charge in [0.25, 0.3) is 0 Å². The predicted octanol–water partition coefficient (Wildman–Crippen LogP) is 4.41. The molecule has 1 fully saturated rings. The molecule has 0 spiro atoms. The third kappa shape index (κ3) is 1.73. The fourth-order valence-corrected chi connectivity index (χ4v) is 3.51. The summed E-state index contributed by atoms with van der Waals surface area (Å²) in [6.07, 6.45) is 0. The Labute approximate surface area is 115 Å². The second-order valence-corrected chi connectivity index (χ2v) is 7.06. The molecule has 1 atom stereocenters. The van der Waals surface area contributed by atoms with Gasteiger partial charge in [-0.1, -0.05) is 27.7 Å². The number of hydrogen-bond donors (Lipinski definition) is 1. The van der Waals surface area contributed by atoms with Crippen molar-refractivity contribution in [1.82, 2.24) is 0 Å². The van der Waals surface area contributed by atoms with Crippen LogP contribution in [0.1, 0.15) is 39.3 Å². The van der Waals surface area contributed by atoms with Gasteiger partial charge in [0, 0.05) is 11.6 Å². The zero-order chi connectivity index (χ0) is 13.9. The van der Waals surface area contributed by atoms with E-state index in [1.165, 1.54) is 12.1 Å². The normalized spacial score (nSPS) is 22.9. The van der Waals surface area contributed by atoms with Crippen LogP contribution in [0, 0.1) is 28.4 Å². The van der Waals surface area contributed by atoms with Crippen LogP contribution in [0.5, 0.6) is 0 Å². The summed E-state index contributed by atoms with van der Waals surface area (Å²) in [5.41, 5.74) is 6.10. The zero-order valence-corrected chi connectivity index (χ0v) is 12.6. The van der Waals surface area contributed by atoms with Gasteiger partial charge in [0.15, 0.2) is 0 Å². The van der Waals surface area contributed by atoms with E-state index in [1.54, 1.807) is 0 Å². The number of rotatable bonds is 2. The largest absolute Gasteiger partial charge is 0.324 e. The first kappa shape index (κ1) is 13.9. The molecule has 1 nitrogen and oxygen atoms in total. The fraction of sp³-hybridized carbons (Fsp3) is 0.571. The lowest BCUT2D eigenvalue weighted by molar-refractivity contribution is 0.449. The smallest absolute Gasteiger partial charge is 0.145 e. The highest BCUT2D eigenvalue weighted by Crippen LogP contribution is 2.72. The van der Waals surface area contributed by atoms with Crippen molar-refractivity contribution in [3.8, 4) is 0 Å². The molecule has 0 radical (unpaired) electrons. The predicted molar refractivity (Wildman–Crippen MR) is 72.0 cm³/mol. The van der Waals surface area contributed by atoms with E-state index in [-0.39, 0.29) is 26.8 Å². The Bertz CT molecular complexity index is 483. The van der Waals surface area contributed by atoms with Crippen LogP contribution in [0.2, 0.25) is 0 Å². The van der Waals surface area contributed by atoms with Gasteiger partial charge in [-0.25, -0.2) is 8.78 Å². The standard InChI is InChI=1S/C14H18BrF2N/c1-13(2)12(14(13,3)4)11(18)9-8(16)6-5-7(15)10(9)17/h5-6,11-12H,18H2,1-4H3. The van der Waals surface area contributed by atoms with Gasteiger partial charge in [0.2, 0.25) is 0 Å². The van der Waals surface area contributed by atoms with Crippen LogP contribution >= 0.6 is 15.9 Å². The van der Waals surface area contributed by atoms with E-state index < -0.39 is 17.7 Å². The minimum absolute atomic E-state index is 0.00634. The van der Waals surface area contributed by atoms with Gasteiger partial charge >= 0.3 is 0 Å². The summed E-state index contributed by atoms with van der Waals surface area (Å²) in [5, 5.41) is 0. The number of nitrogens with two attached hydrogens (primary N) is 1. The quantitative estimate of drug-likeness (QED) is 0.803. The summed E-state index contributed by atoms with van der Waals surface area (Å²) in [6, 6.07) is 2.00. The topological polar surface area (TPSA) is 26.0 Å². The molecule has 100 valence electrons. The highest BCUT2D eigenvalue weighted by Gasteiger charge is 2.67. The molecule has 0 aromatic heterocycles. The minimum atomic E-state index is -0.618. The lowest BCUT2D eigenvalue weighted by Gasteiger charge is -2.16. The SMILES string of the molecule is CC1(C)C(C(N)c2c(F)ccc(Br)c2F)C1(C)C. The van der Waals surface area contributed by atoms with Crippen LogP contribution in [-0.2, 0) is 0 Å². The highest BCUT2D eigenvalue weighted by atomic mass is 79.9. The maximum atomic E-state index is 14.0. The Morgan fingerprint density at radius 3 is 2.11 bits per heavy atom. The van der Waals surface area contributed by atoms with Gasteiger partial charge in [0.05, 0.1) is 4.47 Å². The molecule has 1 aromatic carbocycles. The van der Waals surface area contributed by atoms with Gasteiger partial charge in [-0.2, -0.15) is 0 Å². The van der Waals surface area contributed by atoms with Gasteiger partial charge in [-0.05, 0) is 44.8 Å². The maximum Gasteiger partial charge on any atom is 0.145 e. The Hall–Kier alpha value is -0.480. The first-order valence-corrected chi connectivity index (χ1v) is 6.80. The monoisotopic (exact) mass is 317 g/mol. The van der Waals surface area contributed by atoms with E-state index in [0.717, 1.165) is 0 Å². The van der Waals surface area contributed by atoms with Crippen LogP contribution in [0.4, 0.5) is 8.78 Å². The maximum absolute atomic E-state index is 14.0. The molecule has 0 heterocycles. The van der Waals surface area contributed by atoms with Crippen LogP contribution < -0.4 is 5.73 Å². The molecular weight excluding hydrogens is 300 g/mol. The van der Waals surface area contributed by atoms with Crippen LogP contribution in [-0.4, -0.2) is 0 Å². The van der Waals surface area contributed by atoms with Gasteiger partial charge in [0.1, 0.15) is 11.6 Å². The molecule has 1 unspecified atom stereocenters. The molecule has 0 saturated heterocycles. The Morgan fingerprint density at radius 1 is 1.17 bits per heavy atom. The summed E-state index contributed by atoms with van der Waals surface area (Å²) in [6.45, 7) is 8.35. The van der Waals surface area contributed by atoms with Crippen LogP contribution in [0.25, 0.3) is 0 Å². The zero-order valence-electron chi connectivity index (χ0n) is 11.0. The minimum Gasteiger partial charge on any atom is -0.324 e. The van der Waals surface area contributed by atoms with Crippen LogP contribution in [0.3, 0.4) is 0 Å². The van der Waals surface area contributed by atoms with Crippen LogP contribution in [0.15, 0.2) is 16.6 Å². The molecule has 1 aliphatic rings. The molecule has 0 amide bonds. The second kappa shape index (κ2) is 4.01. The van der Waals surface area contributed by atoms with Crippen molar-refractivity contribution < 1.29 is 8.78 Å². The number of halogens is 3. The molecular formula is C14H18BrF2N. The Morgan fingerprint density at radius 2 is 1.67 bits per heavy atom. The summed E-state index contributed by atoms with van der Waals surface area (Å²) in [7, 11) is 0. The van der Waals surface area contributed by atoms with Crippen molar-refractivity contribution in [3.05, 3.63) is 33.8 Å². The first-order chi connectivity index (χ1) is 8.12. The summed E-state index contributed by atoms with van der Waals surface area (Å²) < 4.78 is 28.1. The van der Waals surface area contributed by atoms with Crippen molar-refractivity contribution in [1.29, 1.82) is 0 Å². The molecule has 1 saturated carbocycles. The molecule has 0 bridgehead atoms. The lowest BCUT2D eigenvalue weighted by atomic mass is 9.96. The summed E-state index contributed by atoms with van der Waals surface area (Å²) in [4.78, 5) is 0. The molecule has 0 aliphatic heterocycles. The van der Waals surface area contributed by atoms with E-state index >= 15 is 0 Å². The van der Waals surface area contributed by atoms with Crippen molar-refractivity contribution >= 4 is 15.9 Å². The highest BCUT2D eigenvalue weighted by molar-refractivity contribution is 9.10. The summed E-state index contributed by atoms with van der Waals surface area (Å²) >= 11 is 3.08. The van der Waals surface area contributed by atoms with Crippen molar-refractivity contribution in [3.63, 3.8) is 0 Å². The van der Waals surface area contributed by atoms with E-state index in [0.29, 0.717) is 0 Å². The number of benzene rings is 1. The Balaban J connectivity index is 2.43. The van der Waals surface area contributed by atoms with Gasteiger partial charge in [-0.15, -0.1) is 0 Å². The van der Waals surface area contributed by atoms with Crippen molar-refractivity contribution in [2.24, 2.45) is 22.5 Å². The molecule has 18 heavy (non-hydrogen) atoms. The van der Waals surface area contributed by atoms with Gasteiger partial charge < -0.3 is 5.73 Å². The first-order valence-electron chi connectivity index (χ1n) is 6.01. The van der Waals surface area contributed by atoms with E-state index in [9.17, 15) is 8.78 Å². The summed E-state index contributed by atoms with van der Waals surface area (Å²) in [5.74, 6) is -1.08. The average molecular weight is 318 g/mol. The Kier molecular flexibility index (Phi) is 3.10. The van der Waals surface area contributed by atoms with Crippen molar-refractivity contribution in [2.75, 3.05) is 0 Å². The molecule has 4 heteroatoms. The van der Waals surface area contributed by atoms with E-state index in [2.05, 4.69) is 43.6 Å². The molecule has 2 N–H and O–H groups in total. The second-order valence-electron chi connectivity index (χ2n) is 6.20. The van der Waals surface area contributed by atoms with E-state index in [4.69, 9.17) is 5.73 Å². The average Bonchev–Trinajstić information content (AvgIpc) is 2.64. The lowest BCUT2D eigenvalue weighted by Crippen LogP contribution is -2.20. The molecule has 1 aliphatic carbocycles. The third-order valence-electron chi connectivity index (χ3n) is 4.90. The molecule has 1 aromatic rings. The third-order valence-corrected chi connectivity index (χ3v) is 5.52. The number of hydrogen-bond acceptors (Lipinski definition) is 1. The van der Waals surface area contributed by atoms with Crippen molar-refractivity contribution in [2.45, 2.75) is 33.7 Å². The van der Waals surface area contributed by atoms with E-state index in [1.807, 2.05) is 0 Å². The van der Waals surface area contributed by atoms with Gasteiger partial charge in [-0.3, -0.25) is 0 Å².